The summed E-state index contributed by atoms with van der Waals surface area (Å²) in [7, 11) is 1.96. The molecule has 17 heteroatoms. The van der Waals surface area contributed by atoms with Crippen molar-refractivity contribution in [1.29, 1.82) is 0 Å². The number of carbonyl (C=O) groups is 4. The molecule has 15 nitrogen and oxygen atoms in total. The van der Waals surface area contributed by atoms with Gasteiger partial charge in [-0.2, -0.15) is 5.10 Å². The number of benzene rings is 2. The van der Waals surface area contributed by atoms with Crippen LogP contribution in [0.25, 0.3) is 17.1 Å². The number of piperidine rings is 1. The molecule has 2 fully saturated rings. The summed E-state index contributed by atoms with van der Waals surface area (Å²) in [6, 6.07) is 15.1. The number of aromatic nitrogens is 4. The van der Waals surface area contributed by atoms with Crippen LogP contribution in [0.5, 0.6) is 0 Å². The normalized spacial score (nSPS) is 17.9. The number of nitrogens with one attached hydrogen (secondary N) is 3. The van der Waals surface area contributed by atoms with E-state index in [0.717, 1.165) is 17.7 Å². The molecular formula is C41H41F2N9O6. The first kappa shape index (κ1) is 38.5. The fraction of sp³-hybridized carbons (Fsp3) is 0.341. The summed E-state index contributed by atoms with van der Waals surface area (Å²) in [5, 5.41) is 23.1. The molecule has 1 saturated carbocycles. The van der Waals surface area contributed by atoms with Gasteiger partial charge in [-0.1, -0.05) is 30.3 Å². The molecule has 1 aliphatic carbocycles. The first-order valence-corrected chi connectivity index (χ1v) is 19.1. The number of carbonyl (C=O) groups excluding carboxylic acids is 4. The highest BCUT2D eigenvalue weighted by molar-refractivity contribution is 6.06. The van der Waals surface area contributed by atoms with Crippen LogP contribution in [0.1, 0.15) is 88.0 Å². The van der Waals surface area contributed by atoms with Crippen LogP contribution in [-0.2, 0) is 22.6 Å². The average molecular weight is 794 g/mol. The Morgan fingerprint density at radius 1 is 1.10 bits per heavy atom. The Kier molecular flexibility index (Phi) is 10.8. The SMILES string of the molecule is CN(CCCc1cccc2c1C(=O)N(C1CCC(=O)NC1=O)C2O)Cc1ccc(-n2cc(NC(=O)c3coc(-c4ccnc(NCC5CC5)c4)n3)c(C(F)F)n2)cc1. The molecule has 2 atom stereocenters. The summed E-state index contributed by atoms with van der Waals surface area (Å²) in [5.74, 6) is -0.638. The van der Waals surface area contributed by atoms with Crippen LogP contribution >= 0.6 is 0 Å². The molecule has 3 aromatic heterocycles. The van der Waals surface area contributed by atoms with Crippen LogP contribution in [0.4, 0.5) is 20.3 Å². The zero-order valence-corrected chi connectivity index (χ0v) is 31.5. The van der Waals surface area contributed by atoms with Crippen LogP contribution in [0, 0.1) is 5.92 Å². The third kappa shape index (κ3) is 8.22. The smallest absolute Gasteiger partial charge is 0.284 e. The maximum absolute atomic E-state index is 14.1. The molecule has 5 heterocycles. The van der Waals surface area contributed by atoms with Gasteiger partial charge in [0.15, 0.2) is 17.6 Å². The third-order valence-electron chi connectivity index (χ3n) is 10.6. The average Bonchev–Trinajstić information content (AvgIpc) is 3.61. The number of aliphatic hydroxyl groups is 1. The number of amides is 4. The monoisotopic (exact) mass is 793 g/mol. The van der Waals surface area contributed by atoms with E-state index in [0.29, 0.717) is 60.0 Å². The minimum absolute atomic E-state index is 0.0860. The van der Waals surface area contributed by atoms with E-state index >= 15 is 0 Å². The Hall–Kier alpha value is -6.33. The number of hydrogen-bond acceptors (Lipinski definition) is 11. The van der Waals surface area contributed by atoms with Gasteiger partial charge in [0.1, 0.15) is 18.1 Å². The summed E-state index contributed by atoms with van der Waals surface area (Å²) in [6.07, 6.45) is 3.77. The van der Waals surface area contributed by atoms with Crippen molar-refractivity contribution in [2.45, 2.75) is 63.8 Å². The van der Waals surface area contributed by atoms with Gasteiger partial charge in [0, 0.05) is 36.8 Å². The van der Waals surface area contributed by atoms with Gasteiger partial charge >= 0.3 is 0 Å². The highest BCUT2D eigenvalue weighted by Gasteiger charge is 2.45. The predicted octanol–water partition coefficient (Wildman–Crippen LogP) is 5.25. The molecule has 2 aromatic carbocycles. The van der Waals surface area contributed by atoms with Crippen molar-refractivity contribution in [2.75, 3.05) is 30.8 Å². The van der Waals surface area contributed by atoms with Crippen molar-refractivity contribution in [3.05, 3.63) is 107 Å². The van der Waals surface area contributed by atoms with Crippen molar-refractivity contribution >= 4 is 35.1 Å². The van der Waals surface area contributed by atoms with Crippen molar-refractivity contribution in [3.63, 3.8) is 0 Å². The summed E-state index contributed by atoms with van der Waals surface area (Å²) in [6.45, 7) is 2.08. The first-order valence-electron chi connectivity index (χ1n) is 19.1. The van der Waals surface area contributed by atoms with Gasteiger partial charge in [-0.25, -0.2) is 23.4 Å². The number of hydrogen-bond donors (Lipinski definition) is 4. The van der Waals surface area contributed by atoms with Crippen LogP contribution < -0.4 is 16.0 Å². The zero-order valence-electron chi connectivity index (χ0n) is 31.5. The molecule has 8 rings (SSSR count). The molecule has 1 saturated heterocycles. The number of anilines is 2. The van der Waals surface area contributed by atoms with Crippen molar-refractivity contribution in [1.82, 2.24) is 34.9 Å². The number of nitrogens with zero attached hydrogens (tertiary/aromatic N) is 6. The first-order chi connectivity index (χ1) is 28.0. The Morgan fingerprint density at radius 3 is 2.67 bits per heavy atom. The van der Waals surface area contributed by atoms with E-state index < -0.39 is 48.0 Å². The van der Waals surface area contributed by atoms with E-state index in [-0.39, 0.29) is 30.1 Å². The second kappa shape index (κ2) is 16.3. The summed E-state index contributed by atoms with van der Waals surface area (Å²) in [5.41, 5.74) is 2.86. The number of alkyl halides is 2. The molecule has 300 valence electrons. The minimum atomic E-state index is -2.96. The number of oxazole rings is 1. The van der Waals surface area contributed by atoms with Crippen molar-refractivity contribution in [3.8, 4) is 17.1 Å². The molecule has 5 aromatic rings. The fourth-order valence-corrected chi connectivity index (χ4v) is 7.34. The quantitative estimate of drug-likeness (QED) is 0.101. The molecule has 3 aliphatic rings. The lowest BCUT2D eigenvalue weighted by Gasteiger charge is -2.31. The molecule has 2 unspecified atom stereocenters. The van der Waals surface area contributed by atoms with E-state index in [4.69, 9.17) is 4.42 Å². The largest absolute Gasteiger partial charge is 0.444 e. The van der Waals surface area contributed by atoms with Crippen molar-refractivity contribution < 1.29 is 37.5 Å². The van der Waals surface area contributed by atoms with E-state index in [9.17, 15) is 33.1 Å². The maximum Gasteiger partial charge on any atom is 0.284 e. The van der Waals surface area contributed by atoms with E-state index in [1.165, 1.54) is 34.9 Å². The Bertz CT molecular complexity index is 2360. The molecular weight excluding hydrogens is 753 g/mol. The van der Waals surface area contributed by atoms with Gasteiger partial charge in [-0.15, -0.1) is 0 Å². The lowest BCUT2D eigenvalue weighted by molar-refractivity contribution is -0.139. The van der Waals surface area contributed by atoms with E-state index in [1.807, 2.05) is 25.2 Å². The highest BCUT2D eigenvalue weighted by Crippen LogP contribution is 2.37. The number of fused-ring (bicyclic) bond motifs is 1. The number of halogens is 2. The maximum atomic E-state index is 14.1. The molecule has 0 spiro atoms. The van der Waals surface area contributed by atoms with Crippen LogP contribution in [0.15, 0.2) is 77.7 Å². The molecule has 58 heavy (non-hydrogen) atoms. The van der Waals surface area contributed by atoms with E-state index in [1.54, 1.807) is 42.6 Å². The van der Waals surface area contributed by atoms with Crippen LogP contribution in [0.3, 0.4) is 0 Å². The molecule has 2 aliphatic heterocycles. The Balaban J connectivity index is 0.860. The number of imide groups is 1. The summed E-state index contributed by atoms with van der Waals surface area (Å²) in [4.78, 5) is 62.6. The summed E-state index contributed by atoms with van der Waals surface area (Å²) < 4.78 is 35.0. The van der Waals surface area contributed by atoms with Gasteiger partial charge in [0.25, 0.3) is 18.2 Å². The van der Waals surface area contributed by atoms with Gasteiger partial charge < -0.3 is 25.1 Å². The van der Waals surface area contributed by atoms with Crippen LogP contribution in [-0.4, -0.2) is 84.5 Å². The minimum Gasteiger partial charge on any atom is -0.444 e. The second-order valence-corrected chi connectivity index (χ2v) is 14.9. The van der Waals surface area contributed by atoms with Gasteiger partial charge in [-0.05, 0) is 87.0 Å². The molecule has 4 N–H and O–H groups in total. The number of aryl methyl sites for hydroxylation is 1. The zero-order chi connectivity index (χ0) is 40.5. The molecule has 0 bridgehead atoms. The van der Waals surface area contributed by atoms with Crippen molar-refractivity contribution in [2.24, 2.45) is 5.92 Å². The predicted molar refractivity (Wildman–Crippen MR) is 206 cm³/mol. The standard InChI is InChI=1S/C41H41F2N9O6/c1-50(17-3-5-25-4-2-6-28-34(25)41(57)52(40(28)56)31-13-14-33(53)48-38(31)55)20-24-9-11-27(12-10-24)51-21-29(35(49-51)36(42)43)46-37(54)30-22-58-39(47-30)26-15-16-44-32(18-26)45-19-23-7-8-23/h2,4,6,9-12,15-16,18,21-23,31,36,40,56H,3,5,7-8,13-14,17,19-20H2,1H3,(H,44,45)(H,46,54)(H,48,53,55). The molecule has 0 radical (unpaired) electrons. The number of aliphatic hydroxyl groups excluding tert-OH is 1. The Labute approximate surface area is 331 Å². The second-order valence-electron chi connectivity index (χ2n) is 14.9. The highest BCUT2D eigenvalue weighted by atomic mass is 19.3. The lowest BCUT2D eigenvalue weighted by Crippen LogP contribution is -2.53. The van der Waals surface area contributed by atoms with Gasteiger partial charge in [0.2, 0.25) is 17.7 Å². The van der Waals surface area contributed by atoms with Gasteiger partial charge in [0.05, 0.1) is 23.1 Å². The van der Waals surface area contributed by atoms with E-state index in [2.05, 4.69) is 35.9 Å². The molecule has 4 amide bonds. The van der Waals surface area contributed by atoms with Gasteiger partial charge in [-0.3, -0.25) is 29.4 Å². The topological polar surface area (TPSA) is 188 Å². The summed E-state index contributed by atoms with van der Waals surface area (Å²) >= 11 is 0. The third-order valence-corrected chi connectivity index (χ3v) is 10.6. The lowest BCUT2D eigenvalue weighted by atomic mass is 9.98. The number of rotatable bonds is 15. The fourth-order valence-electron chi connectivity index (χ4n) is 7.34. The Morgan fingerprint density at radius 2 is 1.91 bits per heavy atom. The number of pyridine rings is 1. The van der Waals surface area contributed by atoms with Crippen LogP contribution in [0.2, 0.25) is 0 Å².